The topological polar surface area (TPSA) is 155 Å². The molecule has 0 spiro atoms. The quantitative estimate of drug-likeness (QED) is 0.377. The van der Waals surface area contributed by atoms with E-state index in [0.29, 0.717) is 16.7 Å². The van der Waals surface area contributed by atoms with Gasteiger partial charge in [-0.25, -0.2) is 4.39 Å². The minimum atomic E-state index is -2.84. The van der Waals surface area contributed by atoms with E-state index < -0.39 is 63.3 Å². The Bertz CT molecular complexity index is 1560. The molecule has 2 saturated carbocycles. The summed E-state index contributed by atoms with van der Waals surface area (Å²) in [6, 6.07) is 7.51. The van der Waals surface area contributed by atoms with Crippen LogP contribution in [0.1, 0.15) is 47.3 Å². The SMILES string of the molecule is CN(C)[C@@H]1C(=O)C(C(N)=O)C(=O)[C@@]2(O)C(=O)C3C(=O)c4c(O)ccc(/C=C/c5ccc(F)cc5)c4C[C@@]3(C)C[C@@]12C. The number of ketones is 4. The number of aliphatic hydroxyl groups is 1. The number of phenols is 1. The van der Waals surface area contributed by atoms with Crippen LogP contribution >= 0.6 is 0 Å². The summed E-state index contributed by atoms with van der Waals surface area (Å²) in [7, 11) is 3.08. The number of halogens is 1. The normalized spacial score (nSPS) is 33.1. The average Bonchev–Trinajstić information content (AvgIpc) is 2.86. The van der Waals surface area contributed by atoms with Gasteiger partial charge in [-0.05, 0) is 67.2 Å². The van der Waals surface area contributed by atoms with E-state index in [1.54, 1.807) is 51.4 Å². The Hall–Kier alpha value is -4.02. The zero-order valence-corrected chi connectivity index (χ0v) is 23.1. The second-order valence-electron chi connectivity index (χ2n) is 12.2. The van der Waals surface area contributed by atoms with E-state index in [4.69, 9.17) is 5.73 Å². The number of benzene rings is 2. The fourth-order valence-electron chi connectivity index (χ4n) is 7.66. The van der Waals surface area contributed by atoms with Gasteiger partial charge < -0.3 is 15.9 Å². The van der Waals surface area contributed by atoms with Gasteiger partial charge in [0, 0.05) is 5.41 Å². The van der Waals surface area contributed by atoms with Gasteiger partial charge in [-0.15, -0.1) is 0 Å². The van der Waals surface area contributed by atoms with Gasteiger partial charge in [0.15, 0.2) is 34.7 Å². The number of nitrogens with zero attached hydrogens (tertiary/aromatic N) is 1. The van der Waals surface area contributed by atoms with Crippen LogP contribution in [0.4, 0.5) is 4.39 Å². The molecule has 41 heavy (non-hydrogen) atoms. The van der Waals surface area contributed by atoms with Gasteiger partial charge in [-0.1, -0.05) is 44.2 Å². The van der Waals surface area contributed by atoms with Gasteiger partial charge in [-0.2, -0.15) is 0 Å². The number of likely N-dealkylation sites (N-methyl/N-ethyl adjacent to an activating group) is 1. The van der Waals surface area contributed by atoms with Gasteiger partial charge in [0.1, 0.15) is 11.6 Å². The molecule has 2 aromatic carbocycles. The highest BCUT2D eigenvalue weighted by Crippen LogP contribution is 2.61. The number of amides is 1. The van der Waals surface area contributed by atoms with Crippen LogP contribution in [-0.2, 0) is 25.6 Å². The summed E-state index contributed by atoms with van der Waals surface area (Å²) in [5.74, 6) is -9.58. The summed E-state index contributed by atoms with van der Waals surface area (Å²) < 4.78 is 13.4. The van der Waals surface area contributed by atoms with Crippen LogP contribution in [0.25, 0.3) is 12.2 Å². The number of hydrogen-bond donors (Lipinski definition) is 3. The predicted octanol–water partition coefficient (Wildman–Crippen LogP) is 1.96. The Labute approximate surface area is 235 Å². The molecule has 2 unspecified atom stereocenters. The Morgan fingerprint density at radius 1 is 1.02 bits per heavy atom. The summed E-state index contributed by atoms with van der Waals surface area (Å²) in [5.41, 5.74) is 1.35. The molecule has 0 aliphatic heterocycles. The van der Waals surface area contributed by atoms with Gasteiger partial charge in [-0.3, -0.25) is 28.9 Å². The zero-order valence-electron chi connectivity index (χ0n) is 23.1. The lowest BCUT2D eigenvalue weighted by Gasteiger charge is -2.61. The summed E-state index contributed by atoms with van der Waals surface area (Å²) >= 11 is 0. The number of fused-ring (bicyclic) bond motifs is 3. The molecule has 5 rings (SSSR count). The molecule has 6 atom stereocenters. The molecule has 2 fully saturated rings. The fraction of sp³-hybridized carbons (Fsp3) is 0.387. The van der Waals surface area contributed by atoms with Crippen molar-refractivity contribution < 1.29 is 38.6 Å². The molecular weight excluding hydrogens is 531 g/mol. The molecule has 1 amide bonds. The van der Waals surface area contributed by atoms with Gasteiger partial charge in [0.2, 0.25) is 5.91 Å². The van der Waals surface area contributed by atoms with E-state index in [0.717, 1.165) is 0 Å². The molecule has 0 aromatic heterocycles. The van der Waals surface area contributed by atoms with Crippen molar-refractivity contribution in [2.24, 2.45) is 28.4 Å². The van der Waals surface area contributed by atoms with Gasteiger partial charge >= 0.3 is 0 Å². The lowest BCUT2D eigenvalue weighted by molar-refractivity contribution is -0.203. The Morgan fingerprint density at radius 2 is 1.66 bits per heavy atom. The Balaban J connectivity index is 1.67. The van der Waals surface area contributed by atoms with Crippen LogP contribution in [-0.4, -0.2) is 69.9 Å². The lowest BCUT2D eigenvalue weighted by Crippen LogP contribution is -2.79. The highest BCUT2D eigenvalue weighted by Gasteiger charge is 2.76. The summed E-state index contributed by atoms with van der Waals surface area (Å²) in [4.78, 5) is 69.0. The van der Waals surface area contributed by atoms with Crippen LogP contribution in [0.2, 0.25) is 0 Å². The molecule has 0 bridgehead atoms. The monoisotopic (exact) mass is 562 g/mol. The van der Waals surface area contributed by atoms with Crippen molar-refractivity contribution in [3.8, 4) is 5.75 Å². The largest absolute Gasteiger partial charge is 0.507 e. The van der Waals surface area contributed by atoms with Crippen LogP contribution in [0, 0.1) is 28.5 Å². The van der Waals surface area contributed by atoms with Crippen molar-refractivity contribution >= 4 is 41.2 Å². The number of hydrogen-bond acceptors (Lipinski definition) is 8. The fourth-order valence-corrected chi connectivity index (χ4v) is 7.66. The predicted molar refractivity (Wildman–Crippen MR) is 146 cm³/mol. The lowest BCUT2D eigenvalue weighted by atomic mass is 9.42. The number of nitrogens with two attached hydrogens (primary N) is 1. The number of phenolic OH excluding ortho intramolecular Hbond substituents is 1. The first-order valence-electron chi connectivity index (χ1n) is 13.2. The average molecular weight is 563 g/mol. The highest BCUT2D eigenvalue weighted by atomic mass is 19.1. The molecule has 3 aliphatic carbocycles. The molecular formula is C31H31FN2O7. The number of rotatable bonds is 4. The van der Waals surface area contributed by atoms with Crippen LogP contribution in [0.5, 0.6) is 5.75 Å². The Kier molecular flexibility index (Phi) is 6.43. The first-order chi connectivity index (χ1) is 19.1. The number of carbonyl (C=O) groups is 5. The van der Waals surface area contributed by atoms with Crippen molar-refractivity contribution in [3.05, 3.63) is 64.5 Å². The van der Waals surface area contributed by atoms with Gasteiger partial charge in [0.25, 0.3) is 0 Å². The molecule has 4 N–H and O–H groups in total. The molecule has 214 valence electrons. The van der Waals surface area contributed by atoms with Crippen molar-refractivity contribution in [2.75, 3.05) is 14.1 Å². The minimum Gasteiger partial charge on any atom is -0.507 e. The van der Waals surface area contributed by atoms with Crippen molar-refractivity contribution in [1.82, 2.24) is 4.90 Å². The molecule has 3 aliphatic rings. The second-order valence-corrected chi connectivity index (χ2v) is 12.2. The summed E-state index contributed by atoms with van der Waals surface area (Å²) in [5, 5.41) is 22.7. The molecule has 0 saturated heterocycles. The maximum Gasteiger partial charge on any atom is 0.235 e. The molecule has 0 heterocycles. The van der Waals surface area contributed by atoms with Crippen LogP contribution in [0.15, 0.2) is 36.4 Å². The van der Waals surface area contributed by atoms with E-state index >= 15 is 0 Å². The highest BCUT2D eigenvalue weighted by molar-refractivity contribution is 6.33. The van der Waals surface area contributed by atoms with Crippen molar-refractivity contribution in [1.29, 1.82) is 0 Å². The molecule has 9 nitrogen and oxygen atoms in total. The number of primary amides is 1. The maximum absolute atomic E-state index is 14.2. The van der Waals surface area contributed by atoms with Gasteiger partial charge in [0.05, 0.1) is 17.5 Å². The first-order valence-corrected chi connectivity index (χ1v) is 13.2. The van der Waals surface area contributed by atoms with E-state index in [-0.39, 0.29) is 30.0 Å². The van der Waals surface area contributed by atoms with Crippen LogP contribution in [0.3, 0.4) is 0 Å². The zero-order chi connectivity index (χ0) is 30.2. The molecule has 10 heteroatoms. The van der Waals surface area contributed by atoms with Crippen molar-refractivity contribution in [3.63, 3.8) is 0 Å². The smallest absolute Gasteiger partial charge is 0.235 e. The Morgan fingerprint density at radius 3 is 2.24 bits per heavy atom. The van der Waals surface area contributed by atoms with Crippen LogP contribution < -0.4 is 5.73 Å². The summed E-state index contributed by atoms with van der Waals surface area (Å²) in [6.07, 6.45) is 3.45. The third-order valence-electron chi connectivity index (χ3n) is 9.23. The summed E-state index contributed by atoms with van der Waals surface area (Å²) in [6.45, 7) is 3.16. The van der Waals surface area contributed by atoms with E-state index in [9.17, 15) is 38.6 Å². The third-order valence-corrected chi connectivity index (χ3v) is 9.23. The van der Waals surface area contributed by atoms with Crippen molar-refractivity contribution in [2.45, 2.75) is 38.3 Å². The minimum absolute atomic E-state index is 0.0933. The number of aromatic hydroxyl groups is 1. The van der Waals surface area contributed by atoms with E-state index in [2.05, 4.69) is 0 Å². The second kappa shape index (κ2) is 9.25. The standard InChI is InChI=1S/C31H31FN2O7/c1-29-13-18-16(8-5-15-6-10-17(32)11-7-15)9-12-19(35)20(18)23(36)22(29)27(39)31(41)26(38)21(28(33)40)24(37)25(34(3)4)30(31,2)14-29/h5-12,21-22,25,35,41H,13-14H2,1-4H3,(H2,33,40)/b8-5+/t21?,22?,25-,29+,30+,31-/m1/s1. The third kappa shape index (κ3) is 3.84. The number of carbonyl (C=O) groups excluding carboxylic acids is 5. The maximum atomic E-state index is 14.2. The molecule has 0 radical (unpaired) electrons. The first kappa shape index (κ1) is 28.5. The number of Topliss-reactive ketones (excluding diaryl/α,β-unsaturated/α-hetero) is 4. The molecule has 2 aromatic rings. The van der Waals surface area contributed by atoms with E-state index in [1.165, 1.54) is 30.0 Å². The van der Waals surface area contributed by atoms with E-state index in [1.807, 2.05) is 0 Å².